The first-order valence-corrected chi connectivity index (χ1v) is 7.61. The number of ether oxygens (including phenoxy) is 2. The monoisotopic (exact) mass is 293 g/mol. The molecule has 0 aliphatic heterocycles. The molecule has 4 nitrogen and oxygen atoms in total. The van der Waals surface area contributed by atoms with E-state index in [1.165, 1.54) is 0 Å². The number of nitrogens with one attached hydrogen (secondary N) is 1. The largest absolute Gasteiger partial charge is 0.493 e. The maximum atomic E-state index is 12.0. The summed E-state index contributed by atoms with van der Waals surface area (Å²) in [4.78, 5) is 12.0. The van der Waals surface area contributed by atoms with Crippen LogP contribution in [0, 0.1) is 5.92 Å². The number of methoxy groups -OCH3 is 2. The zero-order valence-corrected chi connectivity index (χ0v) is 13.6. The zero-order valence-electron chi connectivity index (χ0n) is 13.6. The van der Waals surface area contributed by atoms with Gasteiger partial charge in [-0.1, -0.05) is 32.8 Å². The van der Waals surface area contributed by atoms with Gasteiger partial charge < -0.3 is 14.8 Å². The molecule has 21 heavy (non-hydrogen) atoms. The van der Waals surface area contributed by atoms with Crippen molar-refractivity contribution in [1.29, 1.82) is 0 Å². The minimum absolute atomic E-state index is 0.0512. The Morgan fingerprint density at radius 3 is 2.52 bits per heavy atom. The maximum Gasteiger partial charge on any atom is 0.223 e. The van der Waals surface area contributed by atoms with Gasteiger partial charge in [0.25, 0.3) is 0 Å². The summed E-state index contributed by atoms with van der Waals surface area (Å²) in [6.45, 7) is 4.87. The first kappa shape index (κ1) is 17.3. The summed E-state index contributed by atoms with van der Waals surface area (Å²) in [5.41, 5.74) is 1.07. The highest BCUT2D eigenvalue weighted by Crippen LogP contribution is 2.28. The van der Waals surface area contributed by atoms with Crippen LogP contribution in [0.1, 0.15) is 38.7 Å². The normalized spacial score (nSPS) is 11.8. The number of hydrogen-bond donors (Lipinski definition) is 1. The van der Waals surface area contributed by atoms with Gasteiger partial charge in [-0.3, -0.25) is 4.79 Å². The molecule has 0 aromatic heterocycles. The summed E-state index contributed by atoms with van der Waals surface area (Å²) >= 11 is 0. The zero-order chi connectivity index (χ0) is 15.7. The molecule has 0 saturated carbocycles. The van der Waals surface area contributed by atoms with Crippen LogP contribution in [0.15, 0.2) is 18.2 Å². The van der Waals surface area contributed by atoms with Gasteiger partial charge in [0, 0.05) is 12.5 Å². The molecule has 1 atom stereocenters. The Hall–Kier alpha value is -1.71. The second-order valence-corrected chi connectivity index (χ2v) is 5.29. The van der Waals surface area contributed by atoms with E-state index >= 15 is 0 Å². The first-order chi connectivity index (χ1) is 10.1. The van der Waals surface area contributed by atoms with Gasteiger partial charge in [0.15, 0.2) is 11.5 Å². The molecule has 0 fully saturated rings. The average molecular weight is 293 g/mol. The Balaban J connectivity index is 2.53. The quantitative estimate of drug-likeness (QED) is 0.711. The highest BCUT2D eigenvalue weighted by Gasteiger charge is 2.14. The van der Waals surface area contributed by atoms with Crippen LogP contribution in [-0.2, 0) is 11.2 Å². The smallest absolute Gasteiger partial charge is 0.223 e. The van der Waals surface area contributed by atoms with E-state index in [-0.39, 0.29) is 11.8 Å². The summed E-state index contributed by atoms with van der Waals surface area (Å²) in [6.07, 6.45) is 4.06. The molecule has 0 heterocycles. The molecule has 118 valence electrons. The van der Waals surface area contributed by atoms with Gasteiger partial charge in [0.1, 0.15) is 0 Å². The number of hydrogen-bond acceptors (Lipinski definition) is 3. The SMILES string of the molecule is CCCCCNC(=O)C(C)Cc1ccc(OC)c(OC)c1. The maximum absolute atomic E-state index is 12.0. The summed E-state index contributed by atoms with van der Waals surface area (Å²) < 4.78 is 10.5. The second-order valence-electron chi connectivity index (χ2n) is 5.29. The second kappa shape index (κ2) is 9.27. The van der Waals surface area contributed by atoms with Crippen LogP contribution in [-0.4, -0.2) is 26.7 Å². The van der Waals surface area contributed by atoms with E-state index in [0.717, 1.165) is 31.4 Å². The lowest BCUT2D eigenvalue weighted by molar-refractivity contribution is -0.124. The van der Waals surface area contributed by atoms with E-state index in [9.17, 15) is 4.79 Å². The van der Waals surface area contributed by atoms with E-state index in [2.05, 4.69) is 12.2 Å². The molecule has 1 amide bonds. The van der Waals surface area contributed by atoms with Crippen molar-refractivity contribution in [2.24, 2.45) is 5.92 Å². The third-order valence-electron chi connectivity index (χ3n) is 3.52. The van der Waals surface area contributed by atoms with Crippen molar-refractivity contribution < 1.29 is 14.3 Å². The molecule has 1 N–H and O–H groups in total. The van der Waals surface area contributed by atoms with Crippen molar-refractivity contribution in [2.45, 2.75) is 39.5 Å². The summed E-state index contributed by atoms with van der Waals surface area (Å²) in [7, 11) is 3.23. The van der Waals surface area contributed by atoms with Gasteiger partial charge in [0.2, 0.25) is 5.91 Å². The first-order valence-electron chi connectivity index (χ1n) is 7.61. The van der Waals surface area contributed by atoms with E-state index in [0.29, 0.717) is 17.9 Å². The standard InChI is InChI=1S/C17H27NO3/c1-5-6-7-10-18-17(19)13(2)11-14-8-9-15(20-3)16(12-14)21-4/h8-9,12-13H,5-7,10-11H2,1-4H3,(H,18,19). The number of unbranched alkanes of at least 4 members (excludes halogenated alkanes) is 2. The number of amides is 1. The Bertz CT molecular complexity index is 446. The van der Waals surface area contributed by atoms with Gasteiger partial charge in [-0.15, -0.1) is 0 Å². The Morgan fingerprint density at radius 2 is 1.90 bits per heavy atom. The van der Waals surface area contributed by atoms with Gasteiger partial charge >= 0.3 is 0 Å². The fraction of sp³-hybridized carbons (Fsp3) is 0.588. The Morgan fingerprint density at radius 1 is 1.19 bits per heavy atom. The predicted octanol–water partition coefficient (Wildman–Crippen LogP) is 3.19. The molecular formula is C17H27NO3. The van der Waals surface area contributed by atoms with E-state index in [4.69, 9.17) is 9.47 Å². The molecule has 0 saturated heterocycles. The van der Waals surface area contributed by atoms with Crippen LogP contribution in [0.5, 0.6) is 11.5 Å². The van der Waals surface area contributed by atoms with E-state index in [1.54, 1.807) is 14.2 Å². The van der Waals surface area contributed by atoms with Crippen LogP contribution < -0.4 is 14.8 Å². The van der Waals surface area contributed by atoms with E-state index < -0.39 is 0 Å². The number of benzene rings is 1. The van der Waals surface area contributed by atoms with Crippen LogP contribution in [0.2, 0.25) is 0 Å². The number of carbonyl (C=O) groups excluding carboxylic acids is 1. The molecular weight excluding hydrogens is 266 g/mol. The highest BCUT2D eigenvalue weighted by atomic mass is 16.5. The summed E-state index contributed by atoms with van der Waals surface area (Å²) in [6, 6.07) is 5.78. The lowest BCUT2D eigenvalue weighted by atomic mass is 10.00. The Kier molecular flexibility index (Phi) is 7.65. The van der Waals surface area contributed by atoms with Crippen LogP contribution in [0.3, 0.4) is 0 Å². The van der Waals surface area contributed by atoms with Crippen molar-refractivity contribution in [3.63, 3.8) is 0 Å². The van der Waals surface area contributed by atoms with Gasteiger partial charge in [-0.05, 0) is 30.5 Å². The Labute approximate surface area is 127 Å². The van der Waals surface area contributed by atoms with Crippen molar-refractivity contribution >= 4 is 5.91 Å². The fourth-order valence-corrected chi connectivity index (χ4v) is 2.21. The van der Waals surface area contributed by atoms with Crippen LogP contribution >= 0.6 is 0 Å². The average Bonchev–Trinajstić information content (AvgIpc) is 2.51. The lowest BCUT2D eigenvalue weighted by Gasteiger charge is -2.14. The molecule has 4 heteroatoms. The molecule has 1 rings (SSSR count). The third-order valence-corrected chi connectivity index (χ3v) is 3.52. The molecule has 0 bridgehead atoms. The molecule has 1 aromatic carbocycles. The molecule has 1 unspecified atom stereocenters. The molecule has 1 aromatic rings. The van der Waals surface area contributed by atoms with Crippen molar-refractivity contribution in [3.05, 3.63) is 23.8 Å². The van der Waals surface area contributed by atoms with Gasteiger partial charge in [-0.25, -0.2) is 0 Å². The minimum atomic E-state index is -0.0512. The fourth-order valence-electron chi connectivity index (χ4n) is 2.21. The van der Waals surface area contributed by atoms with E-state index in [1.807, 2.05) is 25.1 Å². The summed E-state index contributed by atoms with van der Waals surface area (Å²) in [5, 5.41) is 2.99. The highest BCUT2D eigenvalue weighted by molar-refractivity contribution is 5.78. The number of rotatable bonds is 9. The van der Waals surface area contributed by atoms with Crippen LogP contribution in [0.25, 0.3) is 0 Å². The number of carbonyl (C=O) groups is 1. The molecule has 0 aliphatic rings. The predicted molar refractivity (Wildman–Crippen MR) is 84.9 cm³/mol. The topological polar surface area (TPSA) is 47.6 Å². The van der Waals surface area contributed by atoms with Gasteiger partial charge in [-0.2, -0.15) is 0 Å². The molecule has 0 spiro atoms. The summed E-state index contributed by atoms with van der Waals surface area (Å²) in [5.74, 6) is 1.47. The third kappa shape index (κ3) is 5.66. The molecule has 0 aliphatic carbocycles. The van der Waals surface area contributed by atoms with Gasteiger partial charge in [0.05, 0.1) is 14.2 Å². The molecule has 0 radical (unpaired) electrons. The lowest BCUT2D eigenvalue weighted by Crippen LogP contribution is -2.31. The van der Waals surface area contributed by atoms with Crippen LogP contribution in [0.4, 0.5) is 0 Å². The van der Waals surface area contributed by atoms with Crippen molar-refractivity contribution in [3.8, 4) is 11.5 Å². The van der Waals surface area contributed by atoms with Crippen molar-refractivity contribution in [1.82, 2.24) is 5.32 Å². The van der Waals surface area contributed by atoms with Crippen molar-refractivity contribution in [2.75, 3.05) is 20.8 Å². The minimum Gasteiger partial charge on any atom is -0.493 e.